The average molecular weight is 716 g/mol. The Bertz CT molecular complexity index is 807. The molecule has 2 atom stereocenters. The lowest BCUT2D eigenvalue weighted by atomic mass is 10.1. The SMILES string of the molecule is CCCCCC/C=C\CCCCCCCC(=O)OC(COCCCCCCCC/C=C\CCCCCCCCC)COP(=O)(O)OCCN. The van der Waals surface area contributed by atoms with E-state index in [9.17, 15) is 14.3 Å². The van der Waals surface area contributed by atoms with Gasteiger partial charge in [0.1, 0.15) is 6.10 Å². The molecule has 0 saturated heterocycles. The Hall–Kier alpha value is -1.02. The van der Waals surface area contributed by atoms with Gasteiger partial charge in [0.05, 0.1) is 19.8 Å². The highest BCUT2D eigenvalue weighted by molar-refractivity contribution is 7.47. The van der Waals surface area contributed by atoms with Crippen LogP contribution < -0.4 is 5.73 Å². The molecule has 3 N–H and O–H groups in total. The highest BCUT2D eigenvalue weighted by atomic mass is 31.2. The van der Waals surface area contributed by atoms with Crippen LogP contribution in [0.4, 0.5) is 0 Å². The number of phosphoric ester groups is 1. The second-order valence-corrected chi connectivity index (χ2v) is 14.9. The smallest absolute Gasteiger partial charge is 0.457 e. The number of esters is 1. The Labute approximate surface area is 302 Å². The Morgan fingerprint density at radius 3 is 1.51 bits per heavy atom. The lowest BCUT2D eigenvalue weighted by Gasteiger charge is -2.20. The molecule has 0 saturated carbocycles. The van der Waals surface area contributed by atoms with E-state index in [1.165, 1.54) is 122 Å². The van der Waals surface area contributed by atoms with Gasteiger partial charge in [-0.2, -0.15) is 0 Å². The van der Waals surface area contributed by atoms with Crippen LogP contribution in [0.3, 0.4) is 0 Å². The van der Waals surface area contributed by atoms with Crippen molar-refractivity contribution in [2.45, 2.75) is 193 Å². The lowest BCUT2D eigenvalue weighted by Crippen LogP contribution is -2.28. The van der Waals surface area contributed by atoms with Crippen molar-refractivity contribution >= 4 is 13.8 Å². The molecule has 9 heteroatoms. The first kappa shape index (κ1) is 48.0. The molecule has 0 aromatic carbocycles. The van der Waals surface area contributed by atoms with Crippen LogP contribution in [0.5, 0.6) is 0 Å². The van der Waals surface area contributed by atoms with Gasteiger partial charge < -0.3 is 20.1 Å². The first-order valence-corrected chi connectivity index (χ1v) is 21.8. The molecule has 0 fully saturated rings. The van der Waals surface area contributed by atoms with Gasteiger partial charge in [0.15, 0.2) is 0 Å². The van der Waals surface area contributed by atoms with Crippen molar-refractivity contribution in [2.75, 3.05) is 33.0 Å². The minimum Gasteiger partial charge on any atom is -0.457 e. The minimum atomic E-state index is -4.27. The topological polar surface area (TPSA) is 117 Å². The van der Waals surface area contributed by atoms with E-state index in [-0.39, 0.29) is 32.3 Å². The highest BCUT2D eigenvalue weighted by Crippen LogP contribution is 2.43. The third-order valence-electron chi connectivity index (χ3n) is 8.59. The van der Waals surface area contributed by atoms with Crippen molar-refractivity contribution in [2.24, 2.45) is 5.73 Å². The van der Waals surface area contributed by atoms with E-state index in [0.29, 0.717) is 13.0 Å². The zero-order valence-corrected chi connectivity index (χ0v) is 32.8. The van der Waals surface area contributed by atoms with Gasteiger partial charge in [0.2, 0.25) is 0 Å². The van der Waals surface area contributed by atoms with Gasteiger partial charge in [-0.05, 0) is 64.2 Å². The summed E-state index contributed by atoms with van der Waals surface area (Å²) in [6.07, 6.45) is 40.5. The largest absolute Gasteiger partial charge is 0.472 e. The van der Waals surface area contributed by atoms with Gasteiger partial charge in [-0.15, -0.1) is 0 Å². The van der Waals surface area contributed by atoms with Crippen molar-refractivity contribution < 1.29 is 32.8 Å². The molecular weight excluding hydrogens is 637 g/mol. The number of hydrogen-bond acceptors (Lipinski definition) is 7. The predicted molar refractivity (Wildman–Crippen MR) is 206 cm³/mol. The van der Waals surface area contributed by atoms with Crippen molar-refractivity contribution in [1.29, 1.82) is 0 Å². The zero-order valence-electron chi connectivity index (χ0n) is 31.9. The Kier molecular flexibility index (Phi) is 37.4. The molecule has 2 unspecified atom stereocenters. The average Bonchev–Trinajstić information content (AvgIpc) is 3.09. The van der Waals surface area contributed by atoms with Gasteiger partial charge in [0.25, 0.3) is 0 Å². The summed E-state index contributed by atoms with van der Waals surface area (Å²) in [5, 5.41) is 0. The van der Waals surface area contributed by atoms with E-state index in [4.69, 9.17) is 24.3 Å². The molecule has 8 nitrogen and oxygen atoms in total. The molecular formula is C40H78NO7P. The summed E-state index contributed by atoms with van der Waals surface area (Å²) in [6, 6.07) is 0. The third-order valence-corrected chi connectivity index (χ3v) is 9.58. The van der Waals surface area contributed by atoms with Crippen LogP contribution in [-0.4, -0.2) is 49.9 Å². The fourth-order valence-corrected chi connectivity index (χ4v) is 6.34. The molecule has 0 aliphatic rings. The summed E-state index contributed by atoms with van der Waals surface area (Å²) in [6.45, 7) is 4.89. The highest BCUT2D eigenvalue weighted by Gasteiger charge is 2.25. The molecule has 0 aliphatic heterocycles. The quantitative estimate of drug-likeness (QED) is 0.0279. The maximum Gasteiger partial charge on any atom is 0.472 e. The molecule has 0 aromatic heterocycles. The Balaban J connectivity index is 4.06. The van der Waals surface area contributed by atoms with E-state index in [1.807, 2.05) is 0 Å². The fraction of sp³-hybridized carbons (Fsp3) is 0.875. The number of rotatable bonds is 39. The summed E-state index contributed by atoms with van der Waals surface area (Å²) in [7, 11) is -4.27. The van der Waals surface area contributed by atoms with Crippen LogP contribution in [0.2, 0.25) is 0 Å². The van der Waals surface area contributed by atoms with Crippen LogP contribution in [-0.2, 0) is 27.9 Å². The third kappa shape index (κ3) is 38.1. The molecule has 0 heterocycles. The molecule has 0 aromatic rings. The number of unbranched alkanes of at least 4 members (excludes halogenated alkanes) is 22. The van der Waals surface area contributed by atoms with Crippen molar-refractivity contribution in [3.8, 4) is 0 Å². The first-order valence-electron chi connectivity index (χ1n) is 20.3. The number of hydrogen-bond donors (Lipinski definition) is 2. The fourth-order valence-electron chi connectivity index (χ4n) is 5.57. The summed E-state index contributed by atoms with van der Waals surface area (Å²) < 4.78 is 33.3. The Morgan fingerprint density at radius 1 is 0.592 bits per heavy atom. The van der Waals surface area contributed by atoms with Gasteiger partial charge in [-0.1, -0.05) is 141 Å². The maximum absolute atomic E-state index is 12.5. The summed E-state index contributed by atoms with van der Waals surface area (Å²) in [4.78, 5) is 22.4. The number of nitrogens with two attached hydrogens (primary N) is 1. The maximum atomic E-state index is 12.5. The molecule has 0 amide bonds. The second-order valence-electron chi connectivity index (χ2n) is 13.5. The van der Waals surface area contributed by atoms with Gasteiger partial charge >= 0.3 is 13.8 Å². The van der Waals surface area contributed by atoms with E-state index in [2.05, 4.69) is 38.2 Å². The molecule has 0 spiro atoms. The van der Waals surface area contributed by atoms with Gasteiger partial charge in [-0.3, -0.25) is 13.8 Å². The van der Waals surface area contributed by atoms with Crippen molar-refractivity contribution in [3.63, 3.8) is 0 Å². The van der Waals surface area contributed by atoms with Gasteiger partial charge in [-0.25, -0.2) is 4.57 Å². The summed E-state index contributed by atoms with van der Waals surface area (Å²) in [5.74, 6) is -0.341. The minimum absolute atomic E-state index is 0.0971. The van der Waals surface area contributed by atoms with Crippen LogP contribution in [0.15, 0.2) is 24.3 Å². The second kappa shape index (κ2) is 38.2. The number of ether oxygens (including phenoxy) is 2. The molecule has 290 valence electrons. The van der Waals surface area contributed by atoms with Crippen molar-refractivity contribution in [3.05, 3.63) is 24.3 Å². The standard InChI is InChI=1S/C40H78NO7P/c1-3-5-7-9-11-13-15-17-18-19-20-22-24-26-28-30-32-35-45-37-39(38-47-49(43,44)46-36-34-41)48-40(42)33-31-29-27-25-23-21-16-14-12-10-8-6-4-2/h14,16,18-19,39H,3-13,15,17,20-38,41H2,1-2H3,(H,43,44)/b16-14-,19-18-. The van der Waals surface area contributed by atoms with E-state index in [0.717, 1.165) is 44.9 Å². The summed E-state index contributed by atoms with van der Waals surface area (Å²) in [5.41, 5.74) is 5.36. The van der Waals surface area contributed by atoms with Gasteiger partial charge in [0, 0.05) is 19.6 Å². The van der Waals surface area contributed by atoms with E-state index in [1.54, 1.807) is 0 Å². The molecule has 0 bridgehead atoms. The lowest BCUT2D eigenvalue weighted by molar-refractivity contribution is -0.154. The molecule has 0 radical (unpaired) electrons. The molecule has 49 heavy (non-hydrogen) atoms. The van der Waals surface area contributed by atoms with E-state index < -0.39 is 13.9 Å². The predicted octanol–water partition coefficient (Wildman–Crippen LogP) is 11.7. The van der Waals surface area contributed by atoms with Crippen LogP contribution in [0.1, 0.15) is 187 Å². The molecule has 0 aliphatic carbocycles. The van der Waals surface area contributed by atoms with Crippen LogP contribution in [0.25, 0.3) is 0 Å². The monoisotopic (exact) mass is 716 g/mol. The Morgan fingerprint density at radius 2 is 1.02 bits per heavy atom. The number of allylic oxidation sites excluding steroid dienone is 4. The number of phosphoric acid groups is 1. The zero-order chi connectivity index (χ0) is 35.9. The summed E-state index contributed by atoms with van der Waals surface area (Å²) >= 11 is 0. The number of carbonyl (C=O) groups is 1. The van der Waals surface area contributed by atoms with E-state index >= 15 is 0 Å². The normalized spacial score (nSPS) is 13.8. The van der Waals surface area contributed by atoms with Crippen LogP contribution >= 0.6 is 7.82 Å². The van der Waals surface area contributed by atoms with Crippen LogP contribution in [0, 0.1) is 0 Å². The number of carbonyl (C=O) groups excluding carboxylic acids is 1. The first-order chi connectivity index (χ1) is 23.9. The molecule has 0 rings (SSSR count). The van der Waals surface area contributed by atoms with Crippen molar-refractivity contribution in [1.82, 2.24) is 0 Å².